The lowest BCUT2D eigenvalue weighted by Gasteiger charge is -2.21. The predicted molar refractivity (Wildman–Crippen MR) is 44.8 cm³/mol. The van der Waals surface area contributed by atoms with Crippen molar-refractivity contribution >= 4 is 0 Å². The molecule has 3 atom stereocenters. The van der Waals surface area contributed by atoms with Gasteiger partial charge in [-0.3, -0.25) is 0 Å². The second-order valence-electron chi connectivity index (χ2n) is 3.06. The van der Waals surface area contributed by atoms with Crippen molar-refractivity contribution in [1.29, 1.82) is 0 Å². The Morgan fingerprint density at radius 1 is 1.17 bits per heavy atom. The molecule has 0 heterocycles. The molecule has 0 aromatic carbocycles. The van der Waals surface area contributed by atoms with Crippen LogP contribution in [0, 0.1) is 5.92 Å². The van der Waals surface area contributed by atoms with E-state index in [4.69, 9.17) is 20.1 Å². The van der Waals surface area contributed by atoms with Gasteiger partial charge in [-0.15, -0.1) is 0 Å². The van der Waals surface area contributed by atoms with Gasteiger partial charge in [0.1, 0.15) is 0 Å². The highest BCUT2D eigenvalue weighted by Gasteiger charge is 2.16. The Hall–Kier alpha value is -0.160. The molecule has 12 heavy (non-hydrogen) atoms. The first-order valence-corrected chi connectivity index (χ1v) is 4.13. The minimum absolute atomic E-state index is 0.0228. The first kappa shape index (κ1) is 11.8. The second-order valence-corrected chi connectivity index (χ2v) is 3.06. The van der Waals surface area contributed by atoms with Crippen molar-refractivity contribution in [2.75, 3.05) is 19.8 Å². The number of rotatable bonds is 6. The third-order valence-corrected chi connectivity index (χ3v) is 1.65. The fraction of sp³-hybridized carbons (Fsp3) is 1.00. The van der Waals surface area contributed by atoms with Crippen molar-refractivity contribution < 1.29 is 20.1 Å². The van der Waals surface area contributed by atoms with Crippen molar-refractivity contribution in [1.82, 2.24) is 0 Å². The maximum absolute atomic E-state index is 8.88. The summed E-state index contributed by atoms with van der Waals surface area (Å²) >= 11 is 0. The molecule has 0 aliphatic rings. The summed E-state index contributed by atoms with van der Waals surface area (Å²) in [4.78, 5) is 0. The van der Waals surface area contributed by atoms with Crippen LogP contribution in [0.25, 0.3) is 0 Å². The summed E-state index contributed by atoms with van der Waals surface area (Å²) in [5.41, 5.74) is 0. The molecule has 0 bridgehead atoms. The van der Waals surface area contributed by atoms with Crippen LogP contribution in [0.2, 0.25) is 0 Å². The summed E-state index contributed by atoms with van der Waals surface area (Å²) in [6.07, 6.45) is -0.922. The van der Waals surface area contributed by atoms with Crippen LogP contribution in [-0.2, 0) is 4.74 Å². The lowest BCUT2D eigenvalue weighted by molar-refractivity contribution is -0.0595. The van der Waals surface area contributed by atoms with Crippen molar-refractivity contribution in [3.8, 4) is 0 Å². The third-order valence-electron chi connectivity index (χ3n) is 1.65. The van der Waals surface area contributed by atoms with E-state index in [-0.39, 0.29) is 31.8 Å². The van der Waals surface area contributed by atoms with Gasteiger partial charge in [-0.25, -0.2) is 0 Å². The van der Waals surface area contributed by atoms with Gasteiger partial charge in [0.2, 0.25) is 0 Å². The highest BCUT2D eigenvalue weighted by Crippen LogP contribution is 2.06. The zero-order chi connectivity index (χ0) is 9.56. The van der Waals surface area contributed by atoms with Crippen LogP contribution in [0.4, 0.5) is 0 Å². The van der Waals surface area contributed by atoms with Gasteiger partial charge < -0.3 is 20.1 Å². The third kappa shape index (κ3) is 4.66. The molecule has 3 N–H and O–H groups in total. The van der Waals surface area contributed by atoms with E-state index in [9.17, 15) is 0 Å². The number of aliphatic hydroxyl groups excluding tert-OH is 3. The fourth-order valence-corrected chi connectivity index (χ4v) is 0.777. The Bertz CT molecular complexity index is 105. The van der Waals surface area contributed by atoms with Gasteiger partial charge in [-0.1, -0.05) is 6.92 Å². The molecule has 0 aliphatic carbocycles. The molecule has 0 saturated carbocycles. The van der Waals surface area contributed by atoms with Gasteiger partial charge >= 0.3 is 0 Å². The van der Waals surface area contributed by atoms with Crippen LogP contribution in [0.3, 0.4) is 0 Å². The van der Waals surface area contributed by atoms with Crippen LogP contribution < -0.4 is 0 Å². The Labute approximate surface area is 72.8 Å². The Morgan fingerprint density at radius 2 is 1.75 bits per heavy atom. The first-order chi connectivity index (χ1) is 5.61. The van der Waals surface area contributed by atoms with Gasteiger partial charge in [0.15, 0.2) is 0 Å². The molecular weight excluding hydrogens is 160 g/mol. The summed E-state index contributed by atoms with van der Waals surface area (Å²) < 4.78 is 5.15. The summed E-state index contributed by atoms with van der Waals surface area (Å²) in [7, 11) is 0. The van der Waals surface area contributed by atoms with Gasteiger partial charge in [0.25, 0.3) is 0 Å². The molecule has 74 valence electrons. The Morgan fingerprint density at radius 3 is 2.08 bits per heavy atom. The summed E-state index contributed by atoms with van der Waals surface area (Å²) in [6, 6.07) is 0. The standard InChI is InChI=1S/C8H18O4/c1-6(3-9)8(4-10)12-5-7(2)11/h6-11H,3-5H2,1-2H3. The SMILES string of the molecule is CC(O)COC(CO)C(C)CO. The minimum atomic E-state index is -0.537. The maximum atomic E-state index is 8.88. The largest absolute Gasteiger partial charge is 0.396 e. The number of hydrogen-bond donors (Lipinski definition) is 3. The summed E-state index contributed by atoms with van der Waals surface area (Å²) in [5.74, 6) is -0.103. The molecule has 0 saturated heterocycles. The van der Waals surface area contributed by atoms with Gasteiger partial charge in [-0.2, -0.15) is 0 Å². The minimum Gasteiger partial charge on any atom is -0.396 e. The molecule has 0 amide bonds. The maximum Gasteiger partial charge on any atom is 0.0854 e. The van der Waals surface area contributed by atoms with E-state index < -0.39 is 6.10 Å². The van der Waals surface area contributed by atoms with Gasteiger partial charge in [0, 0.05) is 12.5 Å². The van der Waals surface area contributed by atoms with E-state index >= 15 is 0 Å². The van der Waals surface area contributed by atoms with Crippen molar-refractivity contribution in [2.24, 2.45) is 5.92 Å². The first-order valence-electron chi connectivity index (χ1n) is 4.13. The Balaban J connectivity index is 3.67. The molecule has 0 spiro atoms. The van der Waals surface area contributed by atoms with Crippen LogP contribution >= 0.6 is 0 Å². The fourth-order valence-electron chi connectivity index (χ4n) is 0.777. The quantitative estimate of drug-likeness (QED) is 0.506. The van der Waals surface area contributed by atoms with E-state index in [1.165, 1.54) is 0 Å². The molecule has 4 heteroatoms. The topological polar surface area (TPSA) is 69.9 Å². The molecule has 0 rings (SSSR count). The molecular formula is C8H18O4. The molecule has 0 aromatic heterocycles. The van der Waals surface area contributed by atoms with Gasteiger partial charge in [0.05, 0.1) is 25.4 Å². The van der Waals surface area contributed by atoms with Gasteiger partial charge in [-0.05, 0) is 6.92 Å². The Kier molecular flexibility index (Phi) is 6.28. The normalized spacial score (nSPS) is 18.8. The van der Waals surface area contributed by atoms with E-state index in [1.54, 1.807) is 13.8 Å². The van der Waals surface area contributed by atoms with E-state index in [0.717, 1.165) is 0 Å². The van der Waals surface area contributed by atoms with Crippen molar-refractivity contribution in [2.45, 2.75) is 26.1 Å². The van der Waals surface area contributed by atoms with E-state index in [2.05, 4.69) is 0 Å². The second kappa shape index (κ2) is 6.37. The molecule has 0 fully saturated rings. The van der Waals surface area contributed by atoms with Crippen LogP contribution in [0.5, 0.6) is 0 Å². The van der Waals surface area contributed by atoms with Crippen LogP contribution in [-0.4, -0.2) is 47.3 Å². The highest BCUT2D eigenvalue weighted by atomic mass is 16.5. The molecule has 4 nitrogen and oxygen atoms in total. The van der Waals surface area contributed by atoms with E-state index in [1.807, 2.05) is 0 Å². The lowest BCUT2D eigenvalue weighted by atomic mass is 10.1. The number of ether oxygens (including phenoxy) is 1. The van der Waals surface area contributed by atoms with Crippen LogP contribution in [0.1, 0.15) is 13.8 Å². The van der Waals surface area contributed by atoms with Crippen LogP contribution in [0.15, 0.2) is 0 Å². The zero-order valence-electron chi connectivity index (χ0n) is 7.60. The molecule has 0 aromatic rings. The highest BCUT2D eigenvalue weighted by molar-refractivity contribution is 4.64. The average molecular weight is 178 g/mol. The van der Waals surface area contributed by atoms with Crippen molar-refractivity contribution in [3.63, 3.8) is 0 Å². The summed E-state index contributed by atoms with van der Waals surface area (Å²) in [5, 5.41) is 26.5. The molecule has 0 aliphatic heterocycles. The number of aliphatic hydroxyl groups is 3. The van der Waals surface area contributed by atoms with E-state index in [0.29, 0.717) is 0 Å². The predicted octanol–water partition coefficient (Wildman–Crippen LogP) is -0.627. The lowest BCUT2D eigenvalue weighted by Crippen LogP contribution is -2.30. The summed E-state index contributed by atoms with van der Waals surface area (Å²) in [6.45, 7) is 3.43. The molecule has 3 unspecified atom stereocenters. The van der Waals surface area contributed by atoms with Crippen molar-refractivity contribution in [3.05, 3.63) is 0 Å². The monoisotopic (exact) mass is 178 g/mol. The molecule has 0 radical (unpaired) electrons. The smallest absolute Gasteiger partial charge is 0.0854 e. The average Bonchev–Trinajstić information content (AvgIpc) is 2.04. The number of hydrogen-bond acceptors (Lipinski definition) is 4. The zero-order valence-corrected chi connectivity index (χ0v) is 7.60.